The summed E-state index contributed by atoms with van der Waals surface area (Å²) in [5.74, 6) is 0. The summed E-state index contributed by atoms with van der Waals surface area (Å²) in [6.07, 6.45) is 1.49. The first-order valence-corrected chi connectivity index (χ1v) is 6.74. The maximum atomic E-state index is 10.3. The van der Waals surface area contributed by atoms with Crippen molar-refractivity contribution >= 4 is 26.8 Å². The van der Waals surface area contributed by atoms with Crippen LogP contribution in [0.2, 0.25) is 0 Å². The van der Waals surface area contributed by atoms with Crippen molar-refractivity contribution in [2.24, 2.45) is 5.41 Å². The number of aliphatic hydroxyl groups is 1. The molecule has 0 saturated carbocycles. The molecule has 0 radical (unpaired) electrons. The number of aromatic nitrogens is 1. The predicted octanol–water partition coefficient (Wildman–Crippen LogP) is 3.94. The summed E-state index contributed by atoms with van der Waals surface area (Å²) in [6, 6.07) is 6.19. The van der Waals surface area contributed by atoms with Crippen molar-refractivity contribution < 1.29 is 5.11 Å². The molecule has 1 atom stereocenters. The molecule has 2 N–H and O–H groups in total. The summed E-state index contributed by atoms with van der Waals surface area (Å²) in [5.41, 5.74) is 3.59. The molecule has 90 valence electrons. The molecular formula is C14H16BrNO. The molecule has 1 aromatic heterocycles. The molecule has 17 heavy (non-hydrogen) atoms. The van der Waals surface area contributed by atoms with E-state index in [4.69, 9.17) is 0 Å². The molecule has 1 aliphatic carbocycles. The summed E-state index contributed by atoms with van der Waals surface area (Å²) < 4.78 is 1.06. The summed E-state index contributed by atoms with van der Waals surface area (Å²) in [7, 11) is 0. The number of aromatic amines is 1. The minimum Gasteiger partial charge on any atom is -0.388 e. The highest BCUT2D eigenvalue weighted by atomic mass is 79.9. The van der Waals surface area contributed by atoms with Crippen LogP contribution in [-0.4, -0.2) is 10.1 Å². The van der Waals surface area contributed by atoms with Gasteiger partial charge in [-0.05, 0) is 36.5 Å². The smallest absolute Gasteiger partial charge is 0.0818 e. The Bertz CT molecular complexity index is 585. The number of halogens is 1. The van der Waals surface area contributed by atoms with Crippen LogP contribution >= 0.6 is 15.9 Å². The zero-order valence-electron chi connectivity index (χ0n) is 10.0. The Hall–Kier alpha value is -0.800. The molecule has 0 spiro atoms. The van der Waals surface area contributed by atoms with E-state index in [-0.39, 0.29) is 11.5 Å². The van der Waals surface area contributed by atoms with E-state index < -0.39 is 0 Å². The lowest BCUT2D eigenvalue weighted by atomic mass is 9.75. The van der Waals surface area contributed by atoms with E-state index in [1.807, 2.05) is 6.07 Å². The number of hydrogen-bond acceptors (Lipinski definition) is 1. The Labute approximate surface area is 109 Å². The standard InChI is InChI=1S/C14H16BrNO/c1-14(2)6-11-13(12(17)7-14)9-5-8(15)3-4-10(9)16-11/h3-5,12,16-17H,6-7H2,1-2H3. The van der Waals surface area contributed by atoms with E-state index in [0.717, 1.165) is 33.8 Å². The fraction of sp³-hybridized carbons (Fsp3) is 0.429. The minimum atomic E-state index is -0.350. The van der Waals surface area contributed by atoms with Crippen LogP contribution in [0.5, 0.6) is 0 Å². The molecule has 1 unspecified atom stereocenters. The highest BCUT2D eigenvalue weighted by molar-refractivity contribution is 9.10. The van der Waals surface area contributed by atoms with Crippen molar-refractivity contribution in [2.45, 2.75) is 32.8 Å². The zero-order valence-corrected chi connectivity index (χ0v) is 11.6. The molecule has 0 bridgehead atoms. The quantitative estimate of drug-likeness (QED) is 0.758. The lowest BCUT2D eigenvalue weighted by molar-refractivity contribution is 0.100. The number of aliphatic hydroxyl groups excluding tert-OH is 1. The molecule has 0 fully saturated rings. The van der Waals surface area contributed by atoms with Gasteiger partial charge >= 0.3 is 0 Å². The predicted molar refractivity (Wildman–Crippen MR) is 73.1 cm³/mol. The number of H-pyrrole nitrogens is 1. The first kappa shape index (κ1) is 11.3. The van der Waals surface area contributed by atoms with E-state index >= 15 is 0 Å². The van der Waals surface area contributed by atoms with Crippen molar-refractivity contribution in [3.8, 4) is 0 Å². The molecule has 0 saturated heterocycles. The third kappa shape index (κ3) is 1.81. The minimum absolute atomic E-state index is 0.171. The number of hydrogen-bond donors (Lipinski definition) is 2. The molecule has 3 heteroatoms. The van der Waals surface area contributed by atoms with Crippen molar-refractivity contribution in [1.82, 2.24) is 4.98 Å². The molecule has 1 aromatic carbocycles. The Morgan fingerprint density at radius 3 is 2.94 bits per heavy atom. The molecule has 2 nitrogen and oxygen atoms in total. The second-order valence-electron chi connectivity index (χ2n) is 5.77. The van der Waals surface area contributed by atoms with Gasteiger partial charge in [-0.2, -0.15) is 0 Å². The van der Waals surface area contributed by atoms with Crippen LogP contribution in [0.25, 0.3) is 10.9 Å². The Kier molecular flexibility index (Phi) is 2.39. The summed E-state index contributed by atoms with van der Waals surface area (Å²) >= 11 is 3.49. The first-order chi connectivity index (χ1) is 7.96. The van der Waals surface area contributed by atoms with Gasteiger partial charge < -0.3 is 10.1 Å². The van der Waals surface area contributed by atoms with Gasteiger partial charge in [0.25, 0.3) is 0 Å². The van der Waals surface area contributed by atoms with Crippen LogP contribution in [0.1, 0.15) is 37.6 Å². The van der Waals surface area contributed by atoms with Crippen molar-refractivity contribution in [2.75, 3.05) is 0 Å². The maximum Gasteiger partial charge on any atom is 0.0818 e. The maximum absolute atomic E-state index is 10.3. The van der Waals surface area contributed by atoms with Gasteiger partial charge in [-0.25, -0.2) is 0 Å². The third-order valence-corrected chi connectivity index (χ3v) is 4.11. The van der Waals surface area contributed by atoms with Crippen LogP contribution in [-0.2, 0) is 6.42 Å². The number of fused-ring (bicyclic) bond motifs is 3. The largest absolute Gasteiger partial charge is 0.388 e. The van der Waals surface area contributed by atoms with E-state index in [2.05, 4.69) is 46.9 Å². The lowest BCUT2D eigenvalue weighted by Crippen LogP contribution is -2.25. The first-order valence-electron chi connectivity index (χ1n) is 5.94. The van der Waals surface area contributed by atoms with Gasteiger partial charge in [-0.3, -0.25) is 0 Å². The molecule has 1 aliphatic rings. The second kappa shape index (κ2) is 3.59. The summed E-state index contributed by atoms with van der Waals surface area (Å²) in [6.45, 7) is 4.42. The number of nitrogens with one attached hydrogen (secondary N) is 1. The van der Waals surface area contributed by atoms with Gasteiger partial charge in [0.1, 0.15) is 0 Å². The fourth-order valence-corrected chi connectivity index (χ4v) is 3.30. The van der Waals surface area contributed by atoms with Gasteiger partial charge in [-0.15, -0.1) is 0 Å². The Morgan fingerprint density at radius 2 is 2.18 bits per heavy atom. The van der Waals surface area contributed by atoms with Crippen molar-refractivity contribution in [3.05, 3.63) is 33.9 Å². The summed E-state index contributed by atoms with van der Waals surface area (Å²) in [4.78, 5) is 3.45. The molecule has 2 aromatic rings. The summed E-state index contributed by atoms with van der Waals surface area (Å²) in [5, 5.41) is 11.5. The van der Waals surface area contributed by atoms with E-state index in [1.165, 1.54) is 5.69 Å². The average molecular weight is 294 g/mol. The van der Waals surface area contributed by atoms with Crippen LogP contribution in [0, 0.1) is 5.41 Å². The lowest BCUT2D eigenvalue weighted by Gasteiger charge is -2.32. The van der Waals surface area contributed by atoms with E-state index in [0.29, 0.717) is 0 Å². The topological polar surface area (TPSA) is 36.0 Å². The van der Waals surface area contributed by atoms with Crippen LogP contribution in [0.15, 0.2) is 22.7 Å². The van der Waals surface area contributed by atoms with Crippen molar-refractivity contribution in [3.63, 3.8) is 0 Å². The highest BCUT2D eigenvalue weighted by Gasteiger charge is 2.33. The third-order valence-electron chi connectivity index (χ3n) is 3.62. The highest BCUT2D eigenvalue weighted by Crippen LogP contribution is 2.43. The molecule has 3 rings (SSSR count). The van der Waals surface area contributed by atoms with Gasteiger partial charge in [0.2, 0.25) is 0 Å². The van der Waals surface area contributed by atoms with Gasteiger partial charge in [0, 0.05) is 26.6 Å². The second-order valence-corrected chi connectivity index (χ2v) is 6.68. The van der Waals surface area contributed by atoms with E-state index in [1.54, 1.807) is 0 Å². The van der Waals surface area contributed by atoms with E-state index in [9.17, 15) is 5.11 Å². The van der Waals surface area contributed by atoms with Crippen LogP contribution in [0.4, 0.5) is 0 Å². The average Bonchev–Trinajstić information content (AvgIpc) is 2.52. The Balaban J connectivity index is 2.25. The zero-order chi connectivity index (χ0) is 12.2. The van der Waals surface area contributed by atoms with Crippen LogP contribution in [0.3, 0.4) is 0 Å². The van der Waals surface area contributed by atoms with Gasteiger partial charge in [-0.1, -0.05) is 29.8 Å². The molecular weight excluding hydrogens is 278 g/mol. The monoisotopic (exact) mass is 293 g/mol. The van der Waals surface area contributed by atoms with Crippen LogP contribution < -0.4 is 0 Å². The number of benzene rings is 1. The van der Waals surface area contributed by atoms with Gasteiger partial charge in [0.15, 0.2) is 0 Å². The molecule has 1 heterocycles. The fourth-order valence-electron chi connectivity index (χ4n) is 2.94. The van der Waals surface area contributed by atoms with Gasteiger partial charge in [0.05, 0.1) is 6.10 Å². The number of rotatable bonds is 0. The SMILES string of the molecule is CC1(C)Cc2[nH]c3ccc(Br)cc3c2C(O)C1. The molecule has 0 aliphatic heterocycles. The Morgan fingerprint density at radius 1 is 1.41 bits per heavy atom. The van der Waals surface area contributed by atoms with Crippen molar-refractivity contribution in [1.29, 1.82) is 0 Å². The normalized spacial score (nSPS) is 22.7. The molecule has 0 amide bonds.